The van der Waals surface area contributed by atoms with Crippen LogP contribution in [0.15, 0.2) is 22.7 Å². The number of carbonyl (C=O) groups is 1. The minimum absolute atomic E-state index is 0.0351. The van der Waals surface area contributed by atoms with Gasteiger partial charge in [-0.25, -0.2) is 0 Å². The number of hydrogen-bond acceptors (Lipinski definition) is 6. The molecule has 7 nitrogen and oxygen atoms in total. The standard InChI is InChI=1S/C22H33N3O4/c1-7-8-12-25(20(26)15-22(2,3)4)13-11-19-23-21(24-29-19)16-9-10-17(27-5)18(14-16)28-6/h9-10,14H,7-8,11-13,15H2,1-6H3. The Bertz CT molecular complexity index is 796. The molecule has 0 radical (unpaired) electrons. The molecule has 29 heavy (non-hydrogen) atoms. The molecule has 2 rings (SSSR count). The normalized spacial score (nSPS) is 11.4. The van der Waals surface area contributed by atoms with Crippen molar-refractivity contribution in [3.8, 4) is 22.9 Å². The molecular weight excluding hydrogens is 370 g/mol. The molecule has 0 aliphatic carbocycles. The number of ether oxygens (including phenoxy) is 2. The first-order valence-electron chi connectivity index (χ1n) is 10.1. The Morgan fingerprint density at radius 1 is 1.14 bits per heavy atom. The Hall–Kier alpha value is -2.57. The highest BCUT2D eigenvalue weighted by Crippen LogP contribution is 2.31. The fraction of sp³-hybridized carbons (Fsp3) is 0.591. The maximum atomic E-state index is 12.7. The lowest BCUT2D eigenvalue weighted by Gasteiger charge is -2.26. The summed E-state index contributed by atoms with van der Waals surface area (Å²) >= 11 is 0. The van der Waals surface area contributed by atoms with Crippen molar-refractivity contribution in [2.24, 2.45) is 5.41 Å². The second-order valence-corrected chi connectivity index (χ2v) is 8.30. The van der Waals surface area contributed by atoms with E-state index >= 15 is 0 Å². The Balaban J connectivity index is 2.06. The molecule has 2 aromatic rings. The third-order valence-corrected chi connectivity index (χ3v) is 4.52. The second kappa shape index (κ2) is 10.3. The van der Waals surface area contributed by atoms with Gasteiger partial charge in [0.15, 0.2) is 11.5 Å². The summed E-state index contributed by atoms with van der Waals surface area (Å²) in [5.74, 6) is 2.42. The highest BCUT2D eigenvalue weighted by Gasteiger charge is 2.21. The molecule has 0 bridgehead atoms. The van der Waals surface area contributed by atoms with E-state index < -0.39 is 0 Å². The van der Waals surface area contributed by atoms with E-state index in [-0.39, 0.29) is 11.3 Å². The zero-order valence-electron chi connectivity index (χ0n) is 18.4. The monoisotopic (exact) mass is 403 g/mol. The molecule has 160 valence electrons. The highest BCUT2D eigenvalue weighted by atomic mass is 16.5. The van der Waals surface area contributed by atoms with Gasteiger partial charge in [0.1, 0.15) is 0 Å². The van der Waals surface area contributed by atoms with Gasteiger partial charge >= 0.3 is 0 Å². The molecule has 0 fully saturated rings. The average Bonchev–Trinajstić information content (AvgIpc) is 3.15. The van der Waals surface area contributed by atoms with E-state index in [2.05, 4.69) is 37.8 Å². The van der Waals surface area contributed by atoms with Gasteiger partial charge in [-0.3, -0.25) is 4.79 Å². The van der Waals surface area contributed by atoms with Crippen molar-refractivity contribution in [1.29, 1.82) is 0 Å². The smallest absolute Gasteiger partial charge is 0.228 e. The SMILES string of the molecule is CCCCN(CCc1nc(-c2ccc(OC)c(OC)c2)no1)C(=O)CC(C)(C)C. The number of benzene rings is 1. The van der Waals surface area contributed by atoms with Gasteiger partial charge in [-0.2, -0.15) is 4.98 Å². The topological polar surface area (TPSA) is 77.7 Å². The molecule has 0 spiro atoms. The molecule has 0 aliphatic heterocycles. The van der Waals surface area contributed by atoms with E-state index in [4.69, 9.17) is 14.0 Å². The number of unbranched alkanes of at least 4 members (excludes halogenated alkanes) is 1. The van der Waals surface area contributed by atoms with E-state index in [0.29, 0.717) is 42.6 Å². The first-order valence-corrected chi connectivity index (χ1v) is 10.1. The van der Waals surface area contributed by atoms with Crippen LogP contribution >= 0.6 is 0 Å². The summed E-state index contributed by atoms with van der Waals surface area (Å²) in [4.78, 5) is 19.1. The Kier molecular flexibility index (Phi) is 8.05. The summed E-state index contributed by atoms with van der Waals surface area (Å²) in [6.45, 7) is 9.69. The molecule has 1 heterocycles. The second-order valence-electron chi connectivity index (χ2n) is 8.30. The number of rotatable bonds is 10. The van der Waals surface area contributed by atoms with Gasteiger partial charge < -0.3 is 18.9 Å². The van der Waals surface area contributed by atoms with Crippen LogP contribution in [0.1, 0.15) is 52.8 Å². The van der Waals surface area contributed by atoms with Gasteiger partial charge in [-0.15, -0.1) is 0 Å². The van der Waals surface area contributed by atoms with Gasteiger partial charge in [0.2, 0.25) is 17.6 Å². The zero-order chi connectivity index (χ0) is 21.4. The van der Waals surface area contributed by atoms with Crippen LogP contribution < -0.4 is 9.47 Å². The zero-order valence-corrected chi connectivity index (χ0v) is 18.4. The van der Waals surface area contributed by atoms with Crippen LogP contribution in [-0.4, -0.2) is 48.3 Å². The summed E-state index contributed by atoms with van der Waals surface area (Å²) in [5, 5.41) is 4.08. The molecular formula is C22H33N3O4. The maximum absolute atomic E-state index is 12.7. The summed E-state index contributed by atoms with van der Waals surface area (Å²) < 4.78 is 16.0. The van der Waals surface area contributed by atoms with Crippen molar-refractivity contribution < 1.29 is 18.8 Å². The molecule has 0 atom stereocenters. The fourth-order valence-electron chi connectivity index (χ4n) is 2.96. The molecule has 0 N–H and O–H groups in total. The number of aromatic nitrogens is 2. The third-order valence-electron chi connectivity index (χ3n) is 4.52. The van der Waals surface area contributed by atoms with Crippen molar-refractivity contribution in [1.82, 2.24) is 15.0 Å². The Morgan fingerprint density at radius 3 is 2.48 bits per heavy atom. The van der Waals surface area contributed by atoms with Crippen molar-refractivity contribution >= 4 is 5.91 Å². The van der Waals surface area contributed by atoms with Crippen molar-refractivity contribution in [3.05, 3.63) is 24.1 Å². The number of nitrogens with zero attached hydrogens (tertiary/aromatic N) is 3. The van der Waals surface area contributed by atoms with E-state index in [9.17, 15) is 4.79 Å². The van der Waals surface area contributed by atoms with Crippen LogP contribution in [0.3, 0.4) is 0 Å². The van der Waals surface area contributed by atoms with Gasteiger partial charge in [-0.05, 0) is 30.0 Å². The number of methoxy groups -OCH3 is 2. The number of hydrogen-bond donors (Lipinski definition) is 0. The van der Waals surface area contributed by atoms with Crippen LogP contribution in [0.2, 0.25) is 0 Å². The van der Waals surface area contributed by atoms with Gasteiger partial charge in [0.25, 0.3) is 0 Å². The molecule has 0 unspecified atom stereocenters. The van der Waals surface area contributed by atoms with E-state index in [0.717, 1.165) is 24.9 Å². The molecule has 0 aliphatic rings. The Morgan fingerprint density at radius 2 is 1.86 bits per heavy atom. The van der Waals surface area contributed by atoms with Crippen LogP contribution in [0, 0.1) is 5.41 Å². The predicted octanol–water partition coefficient (Wildman–Crippen LogP) is 4.36. The highest BCUT2D eigenvalue weighted by molar-refractivity contribution is 5.76. The quantitative estimate of drug-likeness (QED) is 0.586. The summed E-state index contributed by atoms with van der Waals surface area (Å²) in [7, 11) is 3.18. The van der Waals surface area contributed by atoms with Crippen LogP contribution in [-0.2, 0) is 11.2 Å². The number of amides is 1. The van der Waals surface area contributed by atoms with E-state index in [1.807, 2.05) is 23.1 Å². The average molecular weight is 404 g/mol. The minimum atomic E-state index is -0.0351. The lowest BCUT2D eigenvalue weighted by molar-refractivity contribution is -0.133. The maximum Gasteiger partial charge on any atom is 0.228 e. The summed E-state index contributed by atoms with van der Waals surface area (Å²) in [6, 6.07) is 5.48. The van der Waals surface area contributed by atoms with Crippen LogP contribution in [0.5, 0.6) is 11.5 Å². The predicted molar refractivity (Wildman–Crippen MR) is 112 cm³/mol. The third kappa shape index (κ3) is 6.76. The van der Waals surface area contributed by atoms with Gasteiger partial charge in [0.05, 0.1) is 14.2 Å². The first-order chi connectivity index (χ1) is 13.8. The molecule has 1 aromatic carbocycles. The van der Waals surface area contributed by atoms with Crippen molar-refractivity contribution in [2.75, 3.05) is 27.3 Å². The van der Waals surface area contributed by atoms with Crippen LogP contribution in [0.4, 0.5) is 0 Å². The largest absolute Gasteiger partial charge is 0.493 e. The molecule has 0 saturated heterocycles. The fourth-order valence-corrected chi connectivity index (χ4v) is 2.96. The first kappa shape index (κ1) is 22.7. The van der Waals surface area contributed by atoms with Gasteiger partial charge in [-0.1, -0.05) is 39.3 Å². The van der Waals surface area contributed by atoms with E-state index in [1.54, 1.807) is 14.2 Å². The van der Waals surface area contributed by atoms with E-state index in [1.165, 1.54) is 0 Å². The summed E-state index contributed by atoms with van der Waals surface area (Å²) in [5.41, 5.74) is 0.747. The lowest BCUT2D eigenvalue weighted by Crippen LogP contribution is -2.36. The Labute approximate surface area is 173 Å². The van der Waals surface area contributed by atoms with Crippen molar-refractivity contribution in [2.45, 2.75) is 53.4 Å². The van der Waals surface area contributed by atoms with Gasteiger partial charge in [0, 0.05) is 31.5 Å². The van der Waals surface area contributed by atoms with Crippen LogP contribution in [0.25, 0.3) is 11.4 Å². The molecule has 1 amide bonds. The molecule has 7 heteroatoms. The minimum Gasteiger partial charge on any atom is -0.493 e. The molecule has 1 aromatic heterocycles. The molecule has 0 saturated carbocycles. The number of carbonyl (C=O) groups excluding carboxylic acids is 1. The summed E-state index contributed by atoms with van der Waals surface area (Å²) in [6.07, 6.45) is 3.08. The lowest BCUT2D eigenvalue weighted by atomic mass is 9.91. The van der Waals surface area contributed by atoms with Crippen molar-refractivity contribution in [3.63, 3.8) is 0 Å².